The van der Waals surface area contributed by atoms with E-state index < -0.39 is 12.2 Å². The van der Waals surface area contributed by atoms with E-state index in [4.69, 9.17) is 36.9 Å². The fourth-order valence-corrected chi connectivity index (χ4v) is 3.25. The van der Waals surface area contributed by atoms with Gasteiger partial charge in [-0.3, -0.25) is 14.4 Å². The molecule has 0 aliphatic carbocycles. The lowest BCUT2D eigenvalue weighted by molar-refractivity contribution is -0.171. The number of nitrogens with zero attached hydrogens (tertiary/aromatic N) is 5. The average molecular weight is 578 g/mol. The predicted molar refractivity (Wildman–Crippen MR) is 139 cm³/mol. The van der Waals surface area contributed by atoms with E-state index in [1.807, 2.05) is 0 Å². The molecule has 0 bridgehead atoms. The normalized spacial score (nSPS) is 12.3. The van der Waals surface area contributed by atoms with Crippen LogP contribution in [0.2, 0.25) is 10.3 Å². The molecule has 0 aromatic carbocycles. The zero-order valence-corrected chi connectivity index (χ0v) is 22.6. The maximum atomic E-state index is 11.6. The summed E-state index contributed by atoms with van der Waals surface area (Å²) in [6.07, 6.45) is 3.57. The van der Waals surface area contributed by atoms with Gasteiger partial charge in [0.2, 0.25) is 17.7 Å². The number of ketones is 1. The number of rotatable bonds is 9. The molecule has 39 heavy (non-hydrogen) atoms. The SMILES string of the molecule is CC(=O)CC(O)c1cnc(-c2ccc(Cl)nc2)o1.CON(C)C(=O)CC(O)c1cnc(-c2ccc(Cl)nc2)o1. The largest absolute Gasteiger partial charge is 0.438 e. The van der Waals surface area contributed by atoms with Crippen LogP contribution in [0.25, 0.3) is 22.9 Å². The number of Topliss-reactive ketones (excluding diaryl/α,β-unsaturated/α-hetero) is 1. The Morgan fingerprint density at radius 3 is 1.69 bits per heavy atom. The lowest BCUT2D eigenvalue weighted by Crippen LogP contribution is -2.26. The minimum Gasteiger partial charge on any atom is -0.438 e. The molecule has 4 aromatic rings. The minimum atomic E-state index is -1.10. The fraction of sp³-hybridized carbons (Fsp3) is 0.280. The first-order valence-corrected chi connectivity index (χ1v) is 12.1. The summed E-state index contributed by atoms with van der Waals surface area (Å²) in [7, 11) is 2.82. The Bertz CT molecular complexity index is 1380. The predicted octanol–water partition coefficient (Wildman–Crippen LogP) is 4.24. The van der Waals surface area contributed by atoms with Gasteiger partial charge < -0.3 is 19.0 Å². The lowest BCUT2D eigenvalue weighted by Gasteiger charge is -2.15. The van der Waals surface area contributed by atoms with E-state index in [0.29, 0.717) is 33.2 Å². The van der Waals surface area contributed by atoms with Crippen LogP contribution in [0.4, 0.5) is 0 Å². The van der Waals surface area contributed by atoms with E-state index in [2.05, 4.69) is 19.9 Å². The molecule has 2 atom stereocenters. The number of aliphatic hydroxyl groups is 2. The number of aliphatic hydroxyl groups excluding tert-OH is 2. The van der Waals surface area contributed by atoms with E-state index in [9.17, 15) is 19.8 Å². The Labute approximate surface area is 233 Å². The molecule has 4 heterocycles. The topological polar surface area (TPSA) is 165 Å². The molecule has 12 nitrogen and oxygen atoms in total. The van der Waals surface area contributed by atoms with Crippen molar-refractivity contribution in [3.8, 4) is 22.9 Å². The number of carbonyl (C=O) groups excluding carboxylic acids is 2. The standard InChI is InChI=1S/C13H14ClN3O4.C12H11ClN2O3/c1-17(20-2)12(19)5-9(18)10-7-16-13(21-10)8-3-4-11(14)15-6-8;1-7(16)4-9(17)10-6-15-12(18-10)8-2-3-11(13)14-5-8/h3-4,6-7,9,18H,5H2,1-2H3;2-3,5-6,9,17H,4H2,1H3. The van der Waals surface area contributed by atoms with Gasteiger partial charge in [0.1, 0.15) is 28.3 Å². The van der Waals surface area contributed by atoms with E-state index in [0.717, 1.165) is 5.06 Å². The molecule has 4 aromatic heterocycles. The minimum absolute atomic E-state index is 0.00744. The van der Waals surface area contributed by atoms with Gasteiger partial charge in [-0.1, -0.05) is 23.2 Å². The number of pyridine rings is 2. The Balaban J connectivity index is 0.000000218. The Kier molecular flexibility index (Phi) is 10.7. The number of aromatic nitrogens is 4. The molecule has 206 valence electrons. The summed E-state index contributed by atoms with van der Waals surface area (Å²) in [6, 6.07) is 6.63. The van der Waals surface area contributed by atoms with Crippen molar-refractivity contribution in [1.82, 2.24) is 25.0 Å². The number of oxazole rings is 2. The molecule has 2 unspecified atom stereocenters. The van der Waals surface area contributed by atoms with Crippen molar-refractivity contribution in [2.45, 2.75) is 32.0 Å². The number of hydrogen-bond donors (Lipinski definition) is 2. The highest BCUT2D eigenvalue weighted by molar-refractivity contribution is 6.29. The van der Waals surface area contributed by atoms with Crippen LogP contribution < -0.4 is 0 Å². The second kappa shape index (κ2) is 13.9. The van der Waals surface area contributed by atoms with Crippen molar-refractivity contribution in [3.63, 3.8) is 0 Å². The van der Waals surface area contributed by atoms with Crippen LogP contribution in [0, 0.1) is 0 Å². The Morgan fingerprint density at radius 1 is 0.846 bits per heavy atom. The fourth-order valence-electron chi connectivity index (χ4n) is 3.02. The maximum Gasteiger partial charge on any atom is 0.248 e. The van der Waals surface area contributed by atoms with E-state index >= 15 is 0 Å². The summed E-state index contributed by atoms with van der Waals surface area (Å²) in [5, 5.41) is 21.4. The van der Waals surface area contributed by atoms with Gasteiger partial charge in [0.25, 0.3) is 0 Å². The molecule has 0 radical (unpaired) electrons. The molecule has 0 saturated carbocycles. The average Bonchev–Trinajstić information content (AvgIpc) is 3.60. The second-order valence-electron chi connectivity index (χ2n) is 8.09. The van der Waals surface area contributed by atoms with Crippen LogP contribution in [0.5, 0.6) is 0 Å². The van der Waals surface area contributed by atoms with Gasteiger partial charge in [0, 0.05) is 25.9 Å². The summed E-state index contributed by atoms with van der Waals surface area (Å²) in [5.41, 5.74) is 1.28. The first kappa shape index (κ1) is 29.9. The zero-order chi connectivity index (χ0) is 28.5. The van der Waals surface area contributed by atoms with Crippen LogP contribution in [0.15, 0.2) is 57.9 Å². The first-order chi connectivity index (χ1) is 18.6. The third-order valence-electron chi connectivity index (χ3n) is 5.13. The first-order valence-electron chi connectivity index (χ1n) is 11.4. The molecule has 0 saturated heterocycles. The van der Waals surface area contributed by atoms with E-state index in [-0.39, 0.29) is 36.1 Å². The monoisotopic (exact) mass is 577 g/mol. The van der Waals surface area contributed by atoms with Gasteiger partial charge >= 0.3 is 0 Å². The van der Waals surface area contributed by atoms with Crippen molar-refractivity contribution < 1.29 is 33.5 Å². The number of amides is 1. The molecule has 2 N–H and O–H groups in total. The number of halogens is 2. The number of hydroxylamine groups is 2. The molecule has 0 aliphatic heterocycles. The third kappa shape index (κ3) is 8.67. The quantitative estimate of drug-likeness (QED) is 0.216. The third-order valence-corrected chi connectivity index (χ3v) is 5.57. The molecular formula is C25H25Cl2N5O7. The smallest absolute Gasteiger partial charge is 0.248 e. The van der Waals surface area contributed by atoms with Crippen LogP contribution >= 0.6 is 23.2 Å². The molecule has 4 rings (SSSR count). The summed E-state index contributed by atoms with van der Waals surface area (Å²) < 4.78 is 10.8. The highest BCUT2D eigenvalue weighted by Gasteiger charge is 2.21. The van der Waals surface area contributed by atoms with Crippen molar-refractivity contribution >= 4 is 34.9 Å². The molecule has 0 aliphatic rings. The summed E-state index contributed by atoms with van der Waals surface area (Å²) in [4.78, 5) is 43.2. The summed E-state index contributed by atoms with van der Waals surface area (Å²) in [5.74, 6) is 0.579. The van der Waals surface area contributed by atoms with Gasteiger partial charge in [-0.25, -0.2) is 25.0 Å². The van der Waals surface area contributed by atoms with Gasteiger partial charge in [-0.05, 0) is 31.2 Å². The Hall–Kier alpha value is -3.68. The molecular weight excluding hydrogens is 553 g/mol. The Morgan fingerprint density at radius 2 is 1.31 bits per heavy atom. The summed E-state index contributed by atoms with van der Waals surface area (Å²) >= 11 is 11.4. The molecule has 0 spiro atoms. The van der Waals surface area contributed by atoms with Gasteiger partial charge in [0.05, 0.1) is 37.1 Å². The molecule has 1 amide bonds. The maximum absolute atomic E-state index is 11.6. The lowest BCUT2D eigenvalue weighted by atomic mass is 10.2. The van der Waals surface area contributed by atoms with Crippen LogP contribution in [-0.2, 0) is 14.4 Å². The highest BCUT2D eigenvalue weighted by Crippen LogP contribution is 2.26. The van der Waals surface area contributed by atoms with Crippen molar-refractivity contribution in [2.75, 3.05) is 14.2 Å². The van der Waals surface area contributed by atoms with Gasteiger partial charge in [-0.2, -0.15) is 0 Å². The highest BCUT2D eigenvalue weighted by atomic mass is 35.5. The van der Waals surface area contributed by atoms with Crippen molar-refractivity contribution in [3.05, 3.63) is 70.9 Å². The number of carbonyl (C=O) groups is 2. The van der Waals surface area contributed by atoms with Gasteiger partial charge in [0.15, 0.2) is 11.5 Å². The van der Waals surface area contributed by atoms with Gasteiger partial charge in [-0.15, -0.1) is 0 Å². The van der Waals surface area contributed by atoms with Crippen LogP contribution in [0.3, 0.4) is 0 Å². The second-order valence-corrected chi connectivity index (χ2v) is 8.86. The zero-order valence-electron chi connectivity index (χ0n) is 21.1. The number of hydrogen-bond acceptors (Lipinski definition) is 11. The molecule has 0 fully saturated rings. The van der Waals surface area contributed by atoms with Crippen molar-refractivity contribution in [2.24, 2.45) is 0 Å². The van der Waals surface area contributed by atoms with Crippen molar-refractivity contribution in [1.29, 1.82) is 0 Å². The van der Waals surface area contributed by atoms with E-state index in [1.54, 1.807) is 24.3 Å². The van der Waals surface area contributed by atoms with Crippen LogP contribution in [-0.4, -0.2) is 61.1 Å². The van der Waals surface area contributed by atoms with E-state index in [1.165, 1.54) is 45.9 Å². The van der Waals surface area contributed by atoms with Crippen LogP contribution in [0.1, 0.15) is 43.5 Å². The molecule has 14 heteroatoms. The summed E-state index contributed by atoms with van der Waals surface area (Å²) in [6.45, 7) is 1.41.